The summed E-state index contributed by atoms with van der Waals surface area (Å²) in [4.78, 5) is 11.1. The highest BCUT2D eigenvalue weighted by Gasteiger charge is 2.06. The number of carbonyl (C=O) groups excluding carboxylic acids is 1. The number of nitrogens with one attached hydrogen (secondary N) is 1. The van der Waals surface area contributed by atoms with Crippen molar-refractivity contribution in [2.75, 3.05) is 20.3 Å². The zero-order chi connectivity index (χ0) is 14.1. The van der Waals surface area contributed by atoms with Crippen molar-refractivity contribution in [2.45, 2.75) is 26.4 Å². The van der Waals surface area contributed by atoms with Gasteiger partial charge in [-0.1, -0.05) is 6.07 Å². The van der Waals surface area contributed by atoms with E-state index < -0.39 is 0 Å². The number of ether oxygens (including phenoxy) is 2. The normalized spacial score (nSPS) is 10.1. The Morgan fingerprint density at radius 1 is 1.32 bits per heavy atom. The van der Waals surface area contributed by atoms with Gasteiger partial charge >= 0.3 is 0 Å². The van der Waals surface area contributed by atoms with Gasteiger partial charge < -0.3 is 19.9 Å². The van der Waals surface area contributed by atoms with Gasteiger partial charge in [-0.05, 0) is 31.0 Å². The summed E-state index contributed by atoms with van der Waals surface area (Å²) in [6.07, 6.45) is 1.09. The molecule has 0 unspecified atom stereocenters. The third-order valence-corrected chi connectivity index (χ3v) is 2.58. The molecule has 0 fully saturated rings. The van der Waals surface area contributed by atoms with Gasteiger partial charge in [-0.15, -0.1) is 0 Å². The molecular weight excluding hydrogens is 246 g/mol. The minimum Gasteiger partial charge on any atom is -0.490 e. The minimum absolute atomic E-state index is 0.00394. The van der Waals surface area contributed by atoms with Crippen LogP contribution in [-0.2, 0) is 11.4 Å². The average Bonchev–Trinajstić information content (AvgIpc) is 2.44. The second-order valence-electron chi connectivity index (χ2n) is 4.00. The Labute approximate surface area is 113 Å². The molecule has 1 amide bonds. The van der Waals surface area contributed by atoms with Gasteiger partial charge in [0, 0.05) is 13.5 Å². The number of aliphatic hydroxyl groups is 1. The Morgan fingerprint density at radius 2 is 2.11 bits per heavy atom. The number of rotatable bonds is 8. The van der Waals surface area contributed by atoms with Gasteiger partial charge in [-0.2, -0.15) is 0 Å². The van der Waals surface area contributed by atoms with Crippen LogP contribution in [0.1, 0.15) is 25.3 Å². The molecule has 106 valence electrons. The highest BCUT2D eigenvalue weighted by Crippen LogP contribution is 2.28. The molecule has 5 nitrogen and oxygen atoms in total. The molecule has 0 aliphatic heterocycles. The largest absolute Gasteiger partial charge is 0.490 e. The molecule has 0 heterocycles. The minimum atomic E-state index is -0.0307. The van der Waals surface area contributed by atoms with Gasteiger partial charge in [0.25, 0.3) is 0 Å². The molecule has 0 atom stereocenters. The number of hydrogen-bond acceptors (Lipinski definition) is 4. The lowest BCUT2D eigenvalue weighted by molar-refractivity contribution is -0.120. The average molecular weight is 267 g/mol. The number of hydrogen-bond donors (Lipinski definition) is 2. The summed E-state index contributed by atoms with van der Waals surface area (Å²) in [5.74, 6) is 1.26. The maximum atomic E-state index is 11.1. The van der Waals surface area contributed by atoms with Crippen molar-refractivity contribution >= 4 is 5.91 Å². The Morgan fingerprint density at radius 3 is 2.74 bits per heavy atom. The van der Waals surface area contributed by atoms with Crippen molar-refractivity contribution in [3.8, 4) is 11.5 Å². The van der Waals surface area contributed by atoms with E-state index in [0.29, 0.717) is 37.6 Å². The topological polar surface area (TPSA) is 67.8 Å². The Bertz CT molecular complexity index is 406. The maximum absolute atomic E-state index is 11.1. The molecule has 1 rings (SSSR count). The summed E-state index contributed by atoms with van der Waals surface area (Å²) in [7, 11) is 1.62. The first-order chi connectivity index (χ1) is 9.21. The predicted molar refractivity (Wildman–Crippen MR) is 72.3 cm³/mol. The van der Waals surface area contributed by atoms with Crippen molar-refractivity contribution in [3.05, 3.63) is 23.8 Å². The molecule has 19 heavy (non-hydrogen) atoms. The zero-order valence-corrected chi connectivity index (χ0v) is 11.4. The van der Waals surface area contributed by atoms with Crippen LogP contribution in [-0.4, -0.2) is 31.3 Å². The first-order valence-corrected chi connectivity index (χ1v) is 6.41. The number of benzene rings is 1. The van der Waals surface area contributed by atoms with E-state index in [-0.39, 0.29) is 12.5 Å². The van der Waals surface area contributed by atoms with E-state index in [2.05, 4.69) is 5.32 Å². The van der Waals surface area contributed by atoms with Crippen LogP contribution < -0.4 is 14.8 Å². The summed E-state index contributed by atoms with van der Waals surface area (Å²) < 4.78 is 11.1. The molecule has 0 aliphatic carbocycles. The highest BCUT2D eigenvalue weighted by molar-refractivity contribution is 5.75. The highest BCUT2D eigenvalue weighted by atomic mass is 16.5. The van der Waals surface area contributed by atoms with Crippen LogP contribution in [0.15, 0.2) is 18.2 Å². The van der Waals surface area contributed by atoms with E-state index in [4.69, 9.17) is 14.6 Å². The van der Waals surface area contributed by atoms with Crippen molar-refractivity contribution in [1.82, 2.24) is 5.32 Å². The summed E-state index contributed by atoms with van der Waals surface area (Å²) in [5.41, 5.74) is 0.779. The third-order valence-electron chi connectivity index (χ3n) is 2.58. The summed E-state index contributed by atoms with van der Waals surface area (Å²) >= 11 is 0. The second kappa shape index (κ2) is 8.37. The summed E-state index contributed by atoms with van der Waals surface area (Å²) in [5, 5.41) is 11.6. The first-order valence-electron chi connectivity index (χ1n) is 6.41. The fraction of sp³-hybridized carbons (Fsp3) is 0.500. The Balaban J connectivity index is 2.54. The van der Waals surface area contributed by atoms with Crippen molar-refractivity contribution < 1.29 is 19.4 Å². The molecule has 0 saturated heterocycles. The molecule has 1 aromatic carbocycles. The Hall–Kier alpha value is -1.75. The maximum Gasteiger partial charge on any atom is 0.219 e. The van der Waals surface area contributed by atoms with Gasteiger partial charge in [-0.3, -0.25) is 4.79 Å². The lowest BCUT2D eigenvalue weighted by Crippen LogP contribution is -2.18. The molecule has 1 aromatic rings. The van der Waals surface area contributed by atoms with Gasteiger partial charge in [0.15, 0.2) is 11.5 Å². The van der Waals surface area contributed by atoms with E-state index in [0.717, 1.165) is 5.56 Å². The van der Waals surface area contributed by atoms with E-state index in [1.165, 1.54) is 0 Å². The van der Waals surface area contributed by atoms with Crippen LogP contribution in [0.5, 0.6) is 11.5 Å². The van der Waals surface area contributed by atoms with Crippen LogP contribution in [0.3, 0.4) is 0 Å². The van der Waals surface area contributed by atoms with Crippen LogP contribution >= 0.6 is 0 Å². The van der Waals surface area contributed by atoms with Crippen LogP contribution in [0.25, 0.3) is 0 Å². The number of carbonyl (C=O) groups is 1. The van der Waals surface area contributed by atoms with E-state index in [1.807, 2.05) is 6.92 Å². The van der Waals surface area contributed by atoms with Gasteiger partial charge in [0.1, 0.15) is 0 Å². The fourth-order valence-electron chi connectivity index (χ4n) is 1.58. The van der Waals surface area contributed by atoms with E-state index in [9.17, 15) is 4.79 Å². The van der Waals surface area contributed by atoms with Gasteiger partial charge in [0.2, 0.25) is 5.91 Å². The lowest BCUT2D eigenvalue weighted by atomic mass is 10.2. The first kappa shape index (κ1) is 15.3. The van der Waals surface area contributed by atoms with Gasteiger partial charge in [-0.25, -0.2) is 0 Å². The van der Waals surface area contributed by atoms with Crippen LogP contribution in [0, 0.1) is 0 Å². The predicted octanol–water partition coefficient (Wildman–Crippen LogP) is 1.48. The monoisotopic (exact) mass is 267 g/mol. The summed E-state index contributed by atoms with van der Waals surface area (Å²) in [6, 6.07) is 5.32. The molecule has 0 aromatic heterocycles. The summed E-state index contributed by atoms with van der Waals surface area (Å²) in [6.45, 7) is 2.84. The molecular formula is C14H21NO4. The van der Waals surface area contributed by atoms with Crippen molar-refractivity contribution in [3.63, 3.8) is 0 Å². The zero-order valence-electron chi connectivity index (χ0n) is 11.4. The molecule has 5 heteroatoms. The molecule has 0 radical (unpaired) electrons. The SMILES string of the molecule is CCOc1cc(CO)ccc1OCCCC(=O)NC. The van der Waals surface area contributed by atoms with Gasteiger partial charge in [0.05, 0.1) is 19.8 Å². The second-order valence-corrected chi connectivity index (χ2v) is 4.00. The quantitative estimate of drug-likeness (QED) is 0.700. The number of aliphatic hydroxyl groups excluding tert-OH is 1. The Kier molecular flexibility index (Phi) is 6.74. The van der Waals surface area contributed by atoms with Crippen molar-refractivity contribution in [1.29, 1.82) is 0 Å². The molecule has 0 bridgehead atoms. The van der Waals surface area contributed by atoms with E-state index in [1.54, 1.807) is 25.2 Å². The van der Waals surface area contributed by atoms with E-state index >= 15 is 0 Å². The lowest BCUT2D eigenvalue weighted by Gasteiger charge is -2.12. The smallest absolute Gasteiger partial charge is 0.219 e. The standard InChI is InChI=1S/C14H21NO4/c1-3-18-13-9-11(10-16)6-7-12(13)19-8-4-5-14(17)15-2/h6-7,9,16H,3-5,8,10H2,1-2H3,(H,15,17). The number of amides is 1. The molecule has 0 saturated carbocycles. The van der Waals surface area contributed by atoms with Crippen LogP contribution in [0.4, 0.5) is 0 Å². The van der Waals surface area contributed by atoms with Crippen LogP contribution in [0.2, 0.25) is 0 Å². The fourth-order valence-corrected chi connectivity index (χ4v) is 1.58. The molecule has 2 N–H and O–H groups in total. The molecule has 0 spiro atoms. The molecule has 0 aliphatic rings. The third kappa shape index (κ3) is 5.18. The van der Waals surface area contributed by atoms with Crippen molar-refractivity contribution in [2.24, 2.45) is 0 Å².